The van der Waals surface area contributed by atoms with E-state index in [1.807, 2.05) is 25.1 Å². The van der Waals surface area contributed by atoms with Crippen LogP contribution in [0.3, 0.4) is 0 Å². The number of para-hydroxylation sites is 2. The lowest BCUT2D eigenvalue weighted by atomic mass is 10.2. The molecular weight excluding hydrogens is 268 g/mol. The van der Waals surface area contributed by atoms with Crippen molar-refractivity contribution in [2.75, 3.05) is 6.61 Å². The molecule has 5 nitrogen and oxygen atoms in total. The minimum atomic E-state index is -0.370. The molecule has 0 unspecified atom stereocenters. The molecule has 0 fully saturated rings. The summed E-state index contributed by atoms with van der Waals surface area (Å²) in [4.78, 5) is 11.6. The fourth-order valence-electron chi connectivity index (χ4n) is 1.66. The van der Waals surface area contributed by atoms with Crippen LogP contribution < -0.4 is 10.2 Å². The highest BCUT2D eigenvalue weighted by molar-refractivity contribution is 5.85. The van der Waals surface area contributed by atoms with Crippen molar-refractivity contribution < 1.29 is 14.6 Å². The second kappa shape index (κ2) is 7.09. The number of hydrazone groups is 1. The lowest BCUT2D eigenvalue weighted by molar-refractivity contribution is -0.123. The van der Waals surface area contributed by atoms with Gasteiger partial charge >= 0.3 is 0 Å². The van der Waals surface area contributed by atoms with E-state index in [0.29, 0.717) is 11.3 Å². The van der Waals surface area contributed by atoms with Gasteiger partial charge in [-0.1, -0.05) is 30.3 Å². The van der Waals surface area contributed by atoms with Gasteiger partial charge < -0.3 is 9.84 Å². The van der Waals surface area contributed by atoms with Crippen LogP contribution in [-0.2, 0) is 4.79 Å². The number of amides is 1. The molecule has 0 aromatic heterocycles. The number of rotatable bonds is 5. The third-order valence-electron chi connectivity index (χ3n) is 2.78. The average molecular weight is 284 g/mol. The number of nitrogens with one attached hydrogen (secondary N) is 1. The Morgan fingerprint density at radius 2 is 1.95 bits per heavy atom. The van der Waals surface area contributed by atoms with E-state index in [0.717, 1.165) is 5.56 Å². The van der Waals surface area contributed by atoms with Crippen LogP contribution in [0.2, 0.25) is 0 Å². The standard InChI is InChI=1S/C16H16N2O3/c1-12-6-2-5-9-15(12)21-11-16(20)18-17-10-13-7-3-4-8-14(13)19/h2-10,19H,11H2,1H3,(H,18,20)/b17-10-. The van der Waals surface area contributed by atoms with Crippen molar-refractivity contribution in [2.45, 2.75) is 6.92 Å². The minimum Gasteiger partial charge on any atom is -0.507 e. The molecule has 0 bridgehead atoms. The Labute approximate surface area is 122 Å². The summed E-state index contributed by atoms with van der Waals surface area (Å²) in [6.07, 6.45) is 1.38. The second-order valence-electron chi connectivity index (χ2n) is 4.41. The van der Waals surface area contributed by atoms with Gasteiger partial charge in [-0.25, -0.2) is 5.43 Å². The van der Waals surface area contributed by atoms with Crippen molar-refractivity contribution >= 4 is 12.1 Å². The monoisotopic (exact) mass is 284 g/mol. The molecule has 0 spiro atoms. The van der Waals surface area contributed by atoms with Gasteiger partial charge in [0.1, 0.15) is 11.5 Å². The molecule has 0 aliphatic heterocycles. The quantitative estimate of drug-likeness (QED) is 0.653. The van der Waals surface area contributed by atoms with E-state index < -0.39 is 0 Å². The minimum absolute atomic E-state index is 0.103. The summed E-state index contributed by atoms with van der Waals surface area (Å²) in [5, 5.41) is 13.3. The number of hydrogen-bond donors (Lipinski definition) is 2. The molecule has 108 valence electrons. The lowest BCUT2D eigenvalue weighted by Gasteiger charge is -2.07. The summed E-state index contributed by atoms with van der Waals surface area (Å²) in [6.45, 7) is 1.78. The fraction of sp³-hybridized carbons (Fsp3) is 0.125. The first kappa shape index (κ1) is 14.6. The molecule has 0 radical (unpaired) electrons. The van der Waals surface area contributed by atoms with Crippen LogP contribution >= 0.6 is 0 Å². The maximum absolute atomic E-state index is 11.6. The number of aromatic hydroxyl groups is 1. The summed E-state index contributed by atoms with van der Waals surface area (Å²) >= 11 is 0. The summed E-state index contributed by atoms with van der Waals surface area (Å²) in [5.74, 6) is 0.397. The molecule has 0 aliphatic rings. The zero-order valence-corrected chi connectivity index (χ0v) is 11.6. The SMILES string of the molecule is Cc1ccccc1OCC(=O)N/N=C\c1ccccc1O. The summed E-state index contributed by atoms with van der Waals surface area (Å²) in [6, 6.07) is 14.2. The van der Waals surface area contributed by atoms with Gasteiger partial charge in [0.15, 0.2) is 6.61 Å². The number of hydrogen-bond acceptors (Lipinski definition) is 4. The van der Waals surface area contributed by atoms with Crippen LogP contribution in [0.4, 0.5) is 0 Å². The molecule has 0 heterocycles. The maximum atomic E-state index is 11.6. The summed E-state index contributed by atoms with van der Waals surface area (Å²) in [7, 11) is 0. The van der Waals surface area contributed by atoms with Gasteiger partial charge in [0.2, 0.25) is 0 Å². The predicted molar refractivity (Wildman–Crippen MR) is 80.5 cm³/mol. The highest BCUT2D eigenvalue weighted by Crippen LogP contribution is 2.15. The maximum Gasteiger partial charge on any atom is 0.277 e. The summed E-state index contributed by atoms with van der Waals surface area (Å²) < 4.78 is 5.39. The third-order valence-corrected chi connectivity index (χ3v) is 2.78. The van der Waals surface area contributed by atoms with E-state index in [-0.39, 0.29) is 18.3 Å². The molecule has 1 amide bonds. The third kappa shape index (κ3) is 4.35. The van der Waals surface area contributed by atoms with E-state index in [2.05, 4.69) is 10.5 Å². The number of carbonyl (C=O) groups excluding carboxylic acids is 1. The van der Waals surface area contributed by atoms with E-state index in [1.165, 1.54) is 6.21 Å². The van der Waals surface area contributed by atoms with Crippen molar-refractivity contribution in [2.24, 2.45) is 5.10 Å². The van der Waals surface area contributed by atoms with Crippen molar-refractivity contribution in [3.63, 3.8) is 0 Å². The van der Waals surface area contributed by atoms with Crippen molar-refractivity contribution in [1.29, 1.82) is 0 Å². The molecule has 0 saturated heterocycles. The smallest absolute Gasteiger partial charge is 0.277 e. The van der Waals surface area contributed by atoms with Gasteiger partial charge in [-0.05, 0) is 30.7 Å². The normalized spacial score (nSPS) is 10.5. The first-order valence-electron chi connectivity index (χ1n) is 6.45. The van der Waals surface area contributed by atoms with Gasteiger partial charge in [0, 0.05) is 5.56 Å². The first-order chi connectivity index (χ1) is 10.2. The van der Waals surface area contributed by atoms with Gasteiger partial charge in [0.05, 0.1) is 6.21 Å². The fourth-order valence-corrected chi connectivity index (χ4v) is 1.66. The van der Waals surface area contributed by atoms with Gasteiger partial charge in [-0.15, -0.1) is 0 Å². The second-order valence-corrected chi connectivity index (χ2v) is 4.41. The number of phenolic OH excluding ortho intramolecular Hbond substituents is 1. The van der Waals surface area contributed by atoms with Crippen LogP contribution in [0.25, 0.3) is 0 Å². The molecule has 21 heavy (non-hydrogen) atoms. The van der Waals surface area contributed by atoms with E-state index in [4.69, 9.17) is 4.74 Å². The highest BCUT2D eigenvalue weighted by Gasteiger charge is 2.03. The largest absolute Gasteiger partial charge is 0.507 e. The van der Waals surface area contributed by atoms with E-state index >= 15 is 0 Å². The Hall–Kier alpha value is -2.82. The number of benzene rings is 2. The van der Waals surface area contributed by atoms with Crippen molar-refractivity contribution in [1.82, 2.24) is 5.43 Å². The average Bonchev–Trinajstić information content (AvgIpc) is 2.48. The molecular formula is C16H16N2O3. The number of ether oxygens (including phenoxy) is 1. The Bertz CT molecular complexity index is 653. The Balaban J connectivity index is 1.83. The van der Waals surface area contributed by atoms with Crippen LogP contribution in [0.15, 0.2) is 53.6 Å². The zero-order chi connectivity index (χ0) is 15.1. The molecule has 5 heteroatoms. The molecule has 2 N–H and O–H groups in total. The Kier molecular flexibility index (Phi) is 4.93. The van der Waals surface area contributed by atoms with E-state index in [9.17, 15) is 9.90 Å². The number of nitrogens with zero attached hydrogens (tertiary/aromatic N) is 1. The Morgan fingerprint density at radius 1 is 1.24 bits per heavy atom. The molecule has 2 aromatic carbocycles. The molecule has 0 saturated carbocycles. The topological polar surface area (TPSA) is 70.9 Å². The van der Waals surface area contributed by atoms with Crippen LogP contribution in [0, 0.1) is 6.92 Å². The van der Waals surface area contributed by atoms with Gasteiger partial charge in [-0.3, -0.25) is 4.79 Å². The molecule has 2 aromatic rings. The Morgan fingerprint density at radius 3 is 2.71 bits per heavy atom. The van der Waals surface area contributed by atoms with Crippen LogP contribution in [-0.4, -0.2) is 23.8 Å². The number of phenols is 1. The molecule has 2 rings (SSSR count). The number of carbonyl (C=O) groups is 1. The summed E-state index contributed by atoms with van der Waals surface area (Å²) in [5.41, 5.74) is 3.83. The highest BCUT2D eigenvalue weighted by atomic mass is 16.5. The van der Waals surface area contributed by atoms with Crippen LogP contribution in [0.1, 0.15) is 11.1 Å². The zero-order valence-electron chi connectivity index (χ0n) is 11.6. The number of aryl methyl sites for hydroxylation is 1. The van der Waals surface area contributed by atoms with Crippen molar-refractivity contribution in [3.05, 3.63) is 59.7 Å². The van der Waals surface area contributed by atoms with Gasteiger partial charge in [-0.2, -0.15) is 5.10 Å². The van der Waals surface area contributed by atoms with Crippen LogP contribution in [0.5, 0.6) is 11.5 Å². The van der Waals surface area contributed by atoms with Gasteiger partial charge in [0.25, 0.3) is 5.91 Å². The van der Waals surface area contributed by atoms with E-state index in [1.54, 1.807) is 30.3 Å². The van der Waals surface area contributed by atoms with Crippen molar-refractivity contribution in [3.8, 4) is 11.5 Å². The molecule has 0 aliphatic carbocycles. The predicted octanol–water partition coefficient (Wildman–Crippen LogP) is 2.23. The molecule has 0 atom stereocenters. The first-order valence-corrected chi connectivity index (χ1v) is 6.45. The lowest BCUT2D eigenvalue weighted by Crippen LogP contribution is -2.24.